The molecule has 66 valence electrons. The van der Waals surface area contributed by atoms with Crippen LogP contribution < -0.4 is 5.32 Å². The average Bonchev–Trinajstić information content (AvgIpc) is 2.53. The first-order valence-corrected chi connectivity index (χ1v) is 4.45. The summed E-state index contributed by atoms with van der Waals surface area (Å²) in [7, 11) is 0. The largest absolute Gasteiger partial charge is 0.317 e. The first kappa shape index (κ1) is 7.73. The van der Waals surface area contributed by atoms with Crippen LogP contribution in [-0.2, 0) is 0 Å². The summed E-state index contributed by atoms with van der Waals surface area (Å²) in [4.78, 5) is 0. The van der Waals surface area contributed by atoms with Crippen LogP contribution in [0.1, 0.15) is 24.7 Å². The highest BCUT2D eigenvalue weighted by Crippen LogP contribution is 2.18. The molecule has 0 aliphatic carbocycles. The Morgan fingerprint density at radius 3 is 2.83 bits per heavy atom. The van der Waals surface area contributed by atoms with Gasteiger partial charge in [-0.25, -0.2) is 0 Å². The van der Waals surface area contributed by atoms with Crippen molar-refractivity contribution in [2.24, 2.45) is 0 Å². The molecule has 2 rings (SSSR count). The normalized spacial score (nSPS) is 19.8. The van der Waals surface area contributed by atoms with E-state index in [4.69, 9.17) is 0 Å². The van der Waals surface area contributed by atoms with Crippen molar-refractivity contribution in [2.45, 2.75) is 25.8 Å². The Morgan fingerprint density at radius 1 is 1.50 bits per heavy atom. The quantitative estimate of drug-likeness (QED) is 0.661. The molecule has 1 aromatic heterocycles. The Balaban J connectivity index is 2.13. The maximum Gasteiger partial charge on any atom is 0.129 e. The van der Waals surface area contributed by atoms with Gasteiger partial charge in [0, 0.05) is 6.04 Å². The van der Waals surface area contributed by atoms with E-state index in [9.17, 15) is 0 Å². The highest BCUT2D eigenvalue weighted by molar-refractivity contribution is 4.87. The lowest BCUT2D eigenvalue weighted by Gasteiger charge is -2.24. The zero-order chi connectivity index (χ0) is 8.39. The Kier molecular flexibility index (Phi) is 2.08. The summed E-state index contributed by atoms with van der Waals surface area (Å²) in [6, 6.07) is 0.612. The molecule has 2 heterocycles. The Morgan fingerprint density at radius 2 is 2.25 bits per heavy atom. The minimum Gasteiger partial charge on any atom is -0.317 e. The highest BCUT2D eigenvalue weighted by atomic mass is 15.3. The van der Waals surface area contributed by atoms with Crippen LogP contribution in [0.25, 0.3) is 0 Å². The minimum absolute atomic E-state index is 0.612. The summed E-state index contributed by atoms with van der Waals surface area (Å²) >= 11 is 0. The van der Waals surface area contributed by atoms with E-state index >= 15 is 0 Å². The van der Waals surface area contributed by atoms with E-state index in [0.717, 1.165) is 18.9 Å². The van der Waals surface area contributed by atoms with Crippen LogP contribution in [-0.4, -0.2) is 27.9 Å². The molecule has 1 saturated heterocycles. The number of rotatable bonds is 1. The number of hydrogen-bond donors (Lipinski definition) is 1. The van der Waals surface area contributed by atoms with E-state index < -0.39 is 0 Å². The van der Waals surface area contributed by atoms with Gasteiger partial charge in [0.15, 0.2) is 0 Å². The molecular weight excluding hydrogens is 152 g/mol. The van der Waals surface area contributed by atoms with E-state index in [-0.39, 0.29) is 0 Å². The molecule has 1 aromatic rings. The van der Waals surface area contributed by atoms with Gasteiger partial charge in [-0.3, -0.25) is 0 Å². The van der Waals surface area contributed by atoms with E-state index in [2.05, 4.69) is 20.1 Å². The molecule has 0 bridgehead atoms. The summed E-state index contributed by atoms with van der Waals surface area (Å²) in [5.74, 6) is 1.03. The van der Waals surface area contributed by atoms with Gasteiger partial charge in [-0.2, -0.15) is 0 Å². The third kappa shape index (κ3) is 1.34. The average molecular weight is 166 g/mol. The fourth-order valence-electron chi connectivity index (χ4n) is 1.74. The van der Waals surface area contributed by atoms with Gasteiger partial charge in [-0.15, -0.1) is 10.2 Å². The number of nitrogens with zero attached hydrogens (tertiary/aromatic N) is 3. The van der Waals surface area contributed by atoms with Gasteiger partial charge in [0.1, 0.15) is 12.2 Å². The molecule has 0 amide bonds. The molecule has 1 fully saturated rings. The molecule has 0 unspecified atom stereocenters. The van der Waals surface area contributed by atoms with E-state index in [1.807, 2.05) is 13.3 Å². The van der Waals surface area contributed by atoms with Crippen molar-refractivity contribution < 1.29 is 0 Å². The van der Waals surface area contributed by atoms with Crippen molar-refractivity contribution in [1.82, 2.24) is 20.1 Å². The maximum atomic E-state index is 3.98. The number of aryl methyl sites for hydroxylation is 1. The third-order valence-corrected chi connectivity index (χ3v) is 2.45. The molecular formula is C8H14N4. The van der Waals surface area contributed by atoms with Crippen LogP contribution in [0.2, 0.25) is 0 Å². The lowest BCUT2D eigenvalue weighted by Crippen LogP contribution is -2.29. The van der Waals surface area contributed by atoms with Gasteiger partial charge in [0.25, 0.3) is 0 Å². The van der Waals surface area contributed by atoms with E-state index in [1.165, 1.54) is 12.8 Å². The molecule has 0 atom stereocenters. The second kappa shape index (κ2) is 3.23. The molecule has 12 heavy (non-hydrogen) atoms. The molecule has 4 nitrogen and oxygen atoms in total. The van der Waals surface area contributed by atoms with Crippen LogP contribution in [0, 0.1) is 6.92 Å². The Labute approximate surface area is 72.0 Å². The monoisotopic (exact) mass is 166 g/mol. The van der Waals surface area contributed by atoms with Crippen molar-refractivity contribution in [3.05, 3.63) is 12.2 Å². The highest BCUT2D eigenvalue weighted by Gasteiger charge is 2.15. The van der Waals surface area contributed by atoms with Crippen molar-refractivity contribution in [3.63, 3.8) is 0 Å². The summed E-state index contributed by atoms with van der Waals surface area (Å²) < 4.78 is 2.18. The standard InChI is InChI=1S/C8H14N4/c1-7-11-10-6-12(7)8-2-4-9-5-3-8/h6,8-9H,2-5H2,1H3. The molecule has 0 saturated carbocycles. The van der Waals surface area contributed by atoms with Gasteiger partial charge >= 0.3 is 0 Å². The van der Waals surface area contributed by atoms with Gasteiger partial charge < -0.3 is 9.88 Å². The zero-order valence-electron chi connectivity index (χ0n) is 7.32. The molecule has 0 aromatic carbocycles. The molecule has 0 spiro atoms. The lowest BCUT2D eigenvalue weighted by molar-refractivity contribution is 0.362. The van der Waals surface area contributed by atoms with Crippen LogP contribution in [0.15, 0.2) is 6.33 Å². The Hall–Kier alpha value is -0.900. The first-order chi connectivity index (χ1) is 5.88. The summed E-state index contributed by atoms with van der Waals surface area (Å²) in [6.07, 6.45) is 4.23. The number of hydrogen-bond acceptors (Lipinski definition) is 3. The van der Waals surface area contributed by atoms with Gasteiger partial charge in [0.2, 0.25) is 0 Å². The van der Waals surface area contributed by atoms with Crippen molar-refractivity contribution >= 4 is 0 Å². The summed E-state index contributed by atoms with van der Waals surface area (Å²) in [6.45, 7) is 4.24. The van der Waals surface area contributed by atoms with Crippen molar-refractivity contribution in [2.75, 3.05) is 13.1 Å². The molecule has 0 radical (unpaired) electrons. The fraction of sp³-hybridized carbons (Fsp3) is 0.750. The smallest absolute Gasteiger partial charge is 0.129 e. The van der Waals surface area contributed by atoms with Crippen LogP contribution in [0.3, 0.4) is 0 Å². The van der Waals surface area contributed by atoms with Crippen LogP contribution >= 0.6 is 0 Å². The van der Waals surface area contributed by atoms with Gasteiger partial charge in [-0.1, -0.05) is 0 Å². The van der Waals surface area contributed by atoms with Crippen molar-refractivity contribution in [1.29, 1.82) is 0 Å². The van der Waals surface area contributed by atoms with Gasteiger partial charge in [-0.05, 0) is 32.9 Å². The predicted molar refractivity (Wildman–Crippen MR) is 45.9 cm³/mol. The van der Waals surface area contributed by atoms with Gasteiger partial charge in [0.05, 0.1) is 0 Å². The molecule has 1 N–H and O–H groups in total. The van der Waals surface area contributed by atoms with Crippen LogP contribution in [0.4, 0.5) is 0 Å². The summed E-state index contributed by atoms with van der Waals surface area (Å²) in [5.41, 5.74) is 0. The molecule has 1 aliphatic rings. The second-order valence-corrected chi connectivity index (χ2v) is 3.27. The molecule has 1 aliphatic heterocycles. The first-order valence-electron chi connectivity index (χ1n) is 4.45. The molecule has 4 heteroatoms. The predicted octanol–water partition coefficient (Wildman–Crippen LogP) is 0.511. The van der Waals surface area contributed by atoms with Crippen LogP contribution in [0.5, 0.6) is 0 Å². The number of piperidine rings is 1. The van der Waals surface area contributed by atoms with E-state index in [0.29, 0.717) is 6.04 Å². The fourth-order valence-corrected chi connectivity index (χ4v) is 1.74. The second-order valence-electron chi connectivity index (χ2n) is 3.27. The minimum atomic E-state index is 0.612. The third-order valence-electron chi connectivity index (χ3n) is 2.45. The SMILES string of the molecule is Cc1nncn1C1CCNCC1. The van der Waals surface area contributed by atoms with E-state index in [1.54, 1.807) is 0 Å². The van der Waals surface area contributed by atoms with Crippen molar-refractivity contribution in [3.8, 4) is 0 Å². The number of nitrogens with one attached hydrogen (secondary N) is 1. The maximum absolute atomic E-state index is 3.98. The topological polar surface area (TPSA) is 42.7 Å². The summed E-state index contributed by atoms with van der Waals surface area (Å²) in [5, 5.41) is 11.2. The number of aromatic nitrogens is 3. The zero-order valence-corrected chi connectivity index (χ0v) is 7.32. The lowest BCUT2D eigenvalue weighted by atomic mass is 10.1. The Bertz CT molecular complexity index is 249.